The van der Waals surface area contributed by atoms with Crippen LogP contribution in [0.4, 0.5) is 5.82 Å². The topological polar surface area (TPSA) is 88.3 Å². The van der Waals surface area contributed by atoms with Crippen molar-refractivity contribution in [3.63, 3.8) is 0 Å². The van der Waals surface area contributed by atoms with Crippen LogP contribution >= 0.6 is 0 Å². The van der Waals surface area contributed by atoms with Gasteiger partial charge >= 0.3 is 0 Å². The van der Waals surface area contributed by atoms with Crippen LogP contribution in [0.15, 0.2) is 30.6 Å². The van der Waals surface area contributed by atoms with Gasteiger partial charge in [-0.05, 0) is 31.4 Å². The molecule has 1 aliphatic heterocycles. The molecule has 33 heavy (non-hydrogen) atoms. The Bertz CT molecular complexity index is 1070. The van der Waals surface area contributed by atoms with Gasteiger partial charge in [0.15, 0.2) is 5.60 Å². The molecule has 7 heteroatoms. The maximum absolute atomic E-state index is 11.1. The summed E-state index contributed by atoms with van der Waals surface area (Å²) in [7, 11) is 1.55. The molecule has 0 N–H and O–H groups in total. The molecule has 2 heterocycles. The first-order valence-electron chi connectivity index (χ1n) is 11.5. The minimum absolute atomic E-state index is 0.128. The van der Waals surface area contributed by atoms with Crippen LogP contribution in [0, 0.1) is 28.1 Å². The maximum atomic E-state index is 11.1. The summed E-state index contributed by atoms with van der Waals surface area (Å²) in [6, 6.07) is 7.46. The number of hydrogen-bond acceptors (Lipinski definition) is 7. The van der Waals surface area contributed by atoms with E-state index in [1.165, 1.54) is 0 Å². The standard InChI is InChI=1S/C26H32N4O3/c1-24(2)17-25(3,4)26(24,33-20-7-6-19(13-27)21(12-20)32-5)22-14-28-15-23(29-22)30-10-8-18(16-31)9-11-30/h6-7,12,14-16,18H,8-11,17H2,1-5H3. The molecule has 4 rings (SSSR count). The fourth-order valence-electron chi connectivity index (χ4n) is 6.13. The van der Waals surface area contributed by atoms with Gasteiger partial charge in [-0.2, -0.15) is 5.26 Å². The van der Waals surface area contributed by atoms with E-state index in [2.05, 4.69) is 43.6 Å². The van der Waals surface area contributed by atoms with Gasteiger partial charge in [-0.3, -0.25) is 4.98 Å². The van der Waals surface area contributed by atoms with Gasteiger partial charge in [-0.1, -0.05) is 27.7 Å². The first-order chi connectivity index (χ1) is 15.7. The van der Waals surface area contributed by atoms with Crippen molar-refractivity contribution in [1.29, 1.82) is 5.26 Å². The number of piperidine rings is 1. The molecule has 0 atom stereocenters. The number of aromatic nitrogens is 2. The largest absolute Gasteiger partial charge is 0.495 e. The van der Waals surface area contributed by atoms with E-state index in [-0.39, 0.29) is 16.7 Å². The molecule has 1 saturated carbocycles. The number of ether oxygens (including phenoxy) is 2. The number of hydrogen-bond donors (Lipinski definition) is 0. The Balaban J connectivity index is 1.74. The average molecular weight is 449 g/mol. The molecule has 1 saturated heterocycles. The van der Waals surface area contributed by atoms with Crippen molar-refractivity contribution in [2.45, 2.75) is 52.6 Å². The number of aldehydes is 1. The third-order valence-corrected chi connectivity index (χ3v) is 7.39. The van der Waals surface area contributed by atoms with Crippen molar-refractivity contribution in [3.8, 4) is 17.6 Å². The predicted molar refractivity (Wildman–Crippen MR) is 125 cm³/mol. The Hall–Kier alpha value is -3.14. The van der Waals surface area contributed by atoms with Gasteiger partial charge in [0, 0.05) is 35.9 Å². The molecule has 0 amide bonds. The van der Waals surface area contributed by atoms with Crippen LogP contribution in [0.2, 0.25) is 0 Å². The molecule has 7 nitrogen and oxygen atoms in total. The highest BCUT2D eigenvalue weighted by Gasteiger charge is 2.69. The zero-order valence-corrected chi connectivity index (χ0v) is 20.1. The SMILES string of the molecule is COc1cc(OC2(c3cncc(N4CCC(C=O)CC4)n3)C(C)(C)CC2(C)C)ccc1C#N. The highest BCUT2D eigenvalue weighted by atomic mass is 16.5. The lowest BCUT2D eigenvalue weighted by atomic mass is 9.43. The first kappa shape index (κ1) is 23.0. The minimum atomic E-state index is -0.719. The predicted octanol–water partition coefficient (Wildman–Crippen LogP) is 4.50. The van der Waals surface area contributed by atoms with E-state index in [1.807, 2.05) is 12.3 Å². The monoisotopic (exact) mass is 448 g/mol. The van der Waals surface area contributed by atoms with Crippen LogP contribution in [0.3, 0.4) is 0 Å². The van der Waals surface area contributed by atoms with E-state index in [4.69, 9.17) is 14.5 Å². The molecule has 1 aromatic carbocycles. The summed E-state index contributed by atoms with van der Waals surface area (Å²) >= 11 is 0. The van der Waals surface area contributed by atoms with Crippen LogP contribution < -0.4 is 14.4 Å². The van der Waals surface area contributed by atoms with Gasteiger partial charge in [0.2, 0.25) is 0 Å². The first-order valence-corrected chi connectivity index (χ1v) is 11.5. The lowest BCUT2D eigenvalue weighted by Gasteiger charge is -2.65. The van der Waals surface area contributed by atoms with Gasteiger partial charge in [0.1, 0.15) is 35.4 Å². The van der Waals surface area contributed by atoms with Crippen molar-refractivity contribution in [2.24, 2.45) is 16.7 Å². The highest BCUT2D eigenvalue weighted by molar-refractivity contribution is 5.54. The summed E-state index contributed by atoms with van der Waals surface area (Å²) in [6.45, 7) is 10.4. The van der Waals surface area contributed by atoms with Crippen LogP contribution in [0.25, 0.3) is 0 Å². The Morgan fingerprint density at radius 1 is 1.15 bits per heavy atom. The average Bonchev–Trinajstić information content (AvgIpc) is 2.81. The van der Waals surface area contributed by atoms with Crippen LogP contribution in [0.5, 0.6) is 11.5 Å². The fourth-order valence-corrected chi connectivity index (χ4v) is 6.13. The molecule has 0 unspecified atom stereocenters. The van der Waals surface area contributed by atoms with E-state index < -0.39 is 5.60 Å². The number of methoxy groups -OCH3 is 1. The summed E-state index contributed by atoms with van der Waals surface area (Å²) in [5.41, 5.74) is 0.141. The lowest BCUT2D eigenvalue weighted by molar-refractivity contribution is -0.240. The van der Waals surface area contributed by atoms with Crippen molar-refractivity contribution in [3.05, 3.63) is 41.9 Å². The lowest BCUT2D eigenvalue weighted by Crippen LogP contribution is -2.67. The zero-order chi connectivity index (χ0) is 23.9. The fraction of sp³-hybridized carbons (Fsp3) is 0.538. The summed E-state index contributed by atoms with van der Waals surface area (Å²) in [4.78, 5) is 23.0. The van der Waals surface area contributed by atoms with Gasteiger partial charge in [0.25, 0.3) is 0 Å². The number of nitriles is 1. The smallest absolute Gasteiger partial charge is 0.162 e. The molecule has 1 aliphatic carbocycles. The molecular formula is C26H32N4O3. The van der Waals surface area contributed by atoms with E-state index in [9.17, 15) is 10.1 Å². The van der Waals surface area contributed by atoms with Crippen LogP contribution in [-0.2, 0) is 10.4 Å². The van der Waals surface area contributed by atoms with Crippen molar-refractivity contribution < 1.29 is 14.3 Å². The van der Waals surface area contributed by atoms with E-state index >= 15 is 0 Å². The second-order valence-electron chi connectivity index (χ2n) is 10.4. The molecule has 2 aliphatic rings. The normalized spacial score (nSPS) is 20.9. The number of carbonyl (C=O) groups is 1. The van der Waals surface area contributed by atoms with Gasteiger partial charge in [0.05, 0.1) is 25.1 Å². The number of nitrogens with zero attached hydrogens (tertiary/aromatic N) is 4. The number of rotatable bonds is 6. The Morgan fingerprint density at radius 2 is 1.85 bits per heavy atom. The quantitative estimate of drug-likeness (QED) is 0.601. The third-order valence-electron chi connectivity index (χ3n) is 7.39. The molecule has 0 radical (unpaired) electrons. The Labute approximate surface area is 195 Å². The number of carbonyl (C=O) groups excluding carboxylic acids is 1. The van der Waals surface area contributed by atoms with E-state index in [1.54, 1.807) is 25.4 Å². The second kappa shape index (κ2) is 8.33. The minimum Gasteiger partial charge on any atom is -0.495 e. The van der Waals surface area contributed by atoms with Crippen LogP contribution in [-0.4, -0.2) is 36.5 Å². The van der Waals surface area contributed by atoms with Crippen molar-refractivity contribution in [2.75, 3.05) is 25.1 Å². The van der Waals surface area contributed by atoms with Gasteiger partial charge in [-0.15, -0.1) is 0 Å². The molecule has 1 aromatic heterocycles. The summed E-state index contributed by atoms with van der Waals surface area (Å²) in [6.07, 6.45) is 7.29. The van der Waals surface area contributed by atoms with Crippen LogP contribution in [0.1, 0.15) is 58.2 Å². The molecular weight excluding hydrogens is 416 g/mol. The summed E-state index contributed by atoms with van der Waals surface area (Å²) in [5, 5.41) is 9.35. The van der Waals surface area contributed by atoms with Gasteiger partial charge < -0.3 is 19.2 Å². The van der Waals surface area contributed by atoms with Crippen molar-refractivity contribution >= 4 is 12.1 Å². The highest BCUT2D eigenvalue weighted by Crippen LogP contribution is 2.68. The second-order valence-corrected chi connectivity index (χ2v) is 10.4. The molecule has 174 valence electrons. The Morgan fingerprint density at radius 3 is 2.42 bits per heavy atom. The molecule has 2 aromatic rings. The summed E-state index contributed by atoms with van der Waals surface area (Å²) < 4.78 is 12.2. The van der Waals surface area contributed by atoms with Gasteiger partial charge in [-0.25, -0.2) is 4.98 Å². The Kier molecular flexibility index (Phi) is 5.81. The number of benzene rings is 1. The molecule has 0 spiro atoms. The summed E-state index contributed by atoms with van der Waals surface area (Å²) in [5.74, 6) is 2.06. The van der Waals surface area contributed by atoms with Crippen molar-refractivity contribution in [1.82, 2.24) is 9.97 Å². The zero-order valence-electron chi connectivity index (χ0n) is 20.1. The van der Waals surface area contributed by atoms with E-state index in [0.717, 1.165) is 50.1 Å². The molecule has 2 fully saturated rings. The van der Waals surface area contributed by atoms with E-state index in [0.29, 0.717) is 17.1 Å². The third kappa shape index (κ3) is 3.72. The maximum Gasteiger partial charge on any atom is 0.162 e. The molecule has 0 bridgehead atoms. The number of anilines is 1.